The molecule has 182 valence electrons. The van der Waals surface area contributed by atoms with Gasteiger partial charge in [0.2, 0.25) is 5.91 Å². The molecule has 0 radical (unpaired) electrons. The predicted octanol–water partition coefficient (Wildman–Crippen LogP) is 4.75. The van der Waals surface area contributed by atoms with E-state index in [1.807, 2.05) is 0 Å². The lowest BCUT2D eigenvalue weighted by molar-refractivity contribution is -0.149. The zero-order valence-corrected chi connectivity index (χ0v) is 20.7. The van der Waals surface area contributed by atoms with Crippen LogP contribution in [0.2, 0.25) is 0 Å². The number of alkyl halides is 3. The summed E-state index contributed by atoms with van der Waals surface area (Å²) >= 11 is 14.6. The first-order valence-electron chi connectivity index (χ1n) is 12.2. The number of carbonyl (C=O) groups excluding carboxylic acids is 1. The minimum absolute atomic E-state index is 0.0127. The second-order valence-electron chi connectivity index (χ2n) is 10.2. The van der Waals surface area contributed by atoms with E-state index in [-0.39, 0.29) is 52.4 Å². The molecule has 4 rings (SSSR count). The van der Waals surface area contributed by atoms with Crippen LogP contribution in [0, 0.1) is 29.6 Å². The smallest absolute Gasteiger partial charge is 0.306 e. The van der Waals surface area contributed by atoms with E-state index in [9.17, 15) is 19.1 Å². The molecular weight excluding hydrogens is 474 g/mol. The molecule has 32 heavy (non-hydrogen) atoms. The molecule has 0 aromatic rings. The normalized spacial score (nSPS) is 45.3. The maximum Gasteiger partial charge on any atom is 0.306 e. The minimum Gasteiger partial charge on any atom is -0.481 e. The van der Waals surface area contributed by atoms with Crippen molar-refractivity contribution >= 4 is 46.8 Å². The molecule has 1 heterocycles. The van der Waals surface area contributed by atoms with Gasteiger partial charge in [-0.2, -0.15) is 0 Å². The molecule has 0 bridgehead atoms. The monoisotopic (exact) mass is 508 g/mol. The standard InChI is InChI=1S/C23H35Cl2FN2O3S/c24-12-5-7-17(19(25)9-12)20-11-32-23(27-20)28-21(29)16-4-2-1-3-14(16)15-8-6-13(26)10-18(15)22(30)31/h12-20,23,27H,1-11H2,(H,28,29)(H,30,31). The first kappa shape index (κ1) is 24.9. The Bertz CT molecular complexity index is 690. The summed E-state index contributed by atoms with van der Waals surface area (Å²) in [5, 5.41) is 16.7. The summed E-state index contributed by atoms with van der Waals surface area (Å²) < 4.78 is 13.9. The van der Waals surface area contributed by atoms with Gasteiger partial charge in [-0.25, -0.2) is 4.39 Å². The highest BCUT2D eigenvalue weighted by molar-refractivity contribution is 8.00. The quantitative estimate of drug-likeness (QED) is 0.467. The Balaban J connectivity index is 1.36. The third-order valence-corrected chi connectivity index (χ3v) is 10.3. The van der Waals surface area contributed by atoms with Gasteiger partial charge in [-0.05, 0) is 69.1 Å². The Morgan fingerprint density at radius 3 is 2.41 bits per heavy atom. The van der Waals surface area contributed by atoms with Gasteiger partial charge in [0.25, 0.3) is 0 Å². The molecule has 3 saturated carbocycles. The van der Waals surface area contributed by atoms with Crippen molar-refractivity contribution < 1.29 is 19.1 Å². The van der Waals surface area contributed by atoms with Crippen LogP contribution in [0.5, 0.6) is 0 Å². The molecule has 3 N–H and O–H groups in total. The third-order valence-electron chi connectivity index (χ3n) is 8.22. The largest absolute Gasteiger partial charge is 0.481 e. The van der Waals surface area contributed by atoms with Crippen molar-refractivity contribution in [3.8, 4) is 0 Å². The van der Waals surface area contributed by atoms with Crippen molar-refractivity contribution in [3.05, 3.63) is 0 Å². The van der Waals surface area contributed by atoms with Gasteiger partial charge < -0.3 is 10.4 Å². The van der Waals surface area contributed by atoms with E-state index in [1.54, 1.807) is 11.8 Å². The molecule has 5 nitrogen and oxygen atoms in total. The van der Waals surface area contributed by atoms with Crippen LogP contribution in [0.25, 0.3) is 0 Å². The molecule has 3 aliphatic carbocycles. The molecule has 1 aliphatic heterocycles. The van der Waals surface area contributed by atoms with E-state index < -0.39 is 18.1 Å². The fraction of sp³-hybridized carbons (Fsp3) is 0.913. The second kappa shape index (κ2) is 11.0. The molecule has 10 atom stereocenters. The number of hydrogen-bond acceptors (Lipinski definition) is 4. The summed E-state index contributed by atoms with van der Waals surface area (Å²) in [6, 6.07) is 0.260. The van der Waals surface area contributed by atoms with Crippen LogP contribution in [0.4, 0.5) is 4.39 Å². The minimum atomic E-state index is -1.04. The number of hydrogen-bond donors (Lipinski definition) is 3. The molecule has 0 aromatic carbocycles. The summed E-state index contributed by atoms with van der Waals surface area (Å²) in [6.07, 6.45) is 6.43. The number of halogens is 3. The Kier molecular flexibility index (Phi) is 8.55. The second-order valence-corrected chi connectivity index (χ2v) is 12.5. The summed E-state index contributed by atoms with van der Waals surface area (Å²) in [5.74, 6) is -0.615. The summed E-state index contributed by atoms with van der Waals surface area (Å²) in [6.45, 7) is 0. The molecular formula is C23H35Cl2FN2O3S. The van der Waals surface area contributed by atoms with Crippen LogP contribution in [-0.2, 0) is 9.59 Å². The fourth-order valence-electron chi connectivity index (χ4n) is 6.54. The molecule has 0 spiro atoms. The number of aliphatic carboxylic acids is 1. The van der Waals surface area contributed by atoms with Gasteiger partial charge in [0.05, 0.1) is 5.92 Å². The number of carbonyl (C=O) groups is 2. The lowest BCUT2D eigenvalue weighted by atomic mass is 9.63. The maximum atomic E-state index is 13.9. The lowest BCUT2D eigenvalue weighted by Crippen LogP contribution is -2.51. The van der Waals surface area contributed by atoms with Crippen molar-refractivity contribution in [2.75, 3.05) is 5.75 Å². The van der Waals surface area contributed by atoms with Crippen LogP contribution in [0.1, 0.15) is 64.2 Å². The van der Waals surface area contributed by atoms with Gasteiger partial charge >= 0.3 is 5.97 Å². The van der Waals surface area contributed by atoms with Crippen molar-refractivity contribution in [2.24, 2.45) is 29.6 Å². The van der Waals surface area contributed by atoms with E-state index in [4.69, 9.17) is 23.2 Å². The number of amides is 1. The maximum absolute atomic E-state index is 13.9. The molecule has 4 fully saturated rings. The van der Waals surface area contributed by atoms with E-state index >= 15 is 0 Å². The molecule has 10 unspecified atom stereocenters. The highest BCUT2D eigenvalue weighted by Gasteiger charge is 2.45. The van der Waals surface area contributed by atoms with E-state index in [0.717, 1.165) is 50.7 Å². The number of rotatable bonds is 5. The number of carboxylic acids is 1. The summed E-state index contributed by atoms with van der Waals surface area (Å²) in [4.78, 5) is 25.2. The van der Waals surface area contributed by atoms with Crippen LogP contribution in [-0.4, -0.2) is 51.2 Å². The Hall–Kier alpha value is -0.240. The average Bonchev–Trinajstić information content (AvgIpc) is 3.21. The van der Waals surface area contributed by atoms with Crippen LogP contribution < -0.4 is 10.6 Å². The molecule has 1 saturated heterocycles. The Labute approximate surface area is 204 Å². The number of thioether (sulfide) groups is 1. The van der Waals surface area contributed by atoms with Gasteiger partial charge in [-0.3, -0.25) is 14.9 Å². The molecule has 4 aliphatic rings. The van der Waals surface area contributed by atoms with Gasteiger partial charge in [-0.15, -0.1) is 35.0 Å². The zero-order chi connectivity index (χ0) is 22.8. The molecule has 0 aromatic heterocycles. The van der Waals surface area contributed by atoms with Crippen molar-refractivity contribution in [2.45, 2.75) is 92.7 Å². The molecule has 1 amide bonds. The van der Waals surface area contributed by atoms with Gasteiger partial charge in [0.1, 0.15) is 11.7 Å². The fourth-order valence-corrected chi connectivity index (χ4v) is 8.68. The predicted molar refractivity (Wildman–Crippen MR) is 127 cm³/mol. The topological polar surface area (TPSA) is 78.4 Å². The Morgan fingerprint density at radius 1 is 0.938 bits per heavy atom. The van der Waals surface area contributed by atoms with E-state index in [1.165, 1.54) is 0 Å². The van der Waals surface area contributed by atoms with Gasteiger partial charge in [0.15, 0.2) is 0 Å². The highest BCUT2D eigenvalue weighted by Crippen LogP contribution is 2.45. The first-order valence-corrected chi connectivity index (χ1v) is 14.1. The van der Waals surface area contributed by atoms with E-state index in [2.05, 4.69) is 10.6 Å². The van der Waals surface area contributed by atoms with Crippen molar-refractivity contribution in [1.29, 1.82) is 0 Å². The van der Waals surface area contributed by atoms with Crippen LogP contribution in [0.3, 0.4) is 0 Å². The molecule has 9 heteroatoms. The van der Waals surface area contributed by atoms with Gasteiger partial charge in [-0.1, -0.05) is 12.8 Å². The van der Waals surface area contributed by atoms with Crippen molar-refractivity contribution in [3.63, 3.8) is 0 Å². The zero-order valence-electron chi connectivity index (χ0n) is 18.4. The van der Waals surface area contributed by atoms with Crippen molar-refractivity contribution in [1.82, 2.24) is 10.6 Å². The van der Waals surface area contributed by atoms with Crippen LogP contribution in [0.15, 0.2) is 0 Å². The summed E-state index contributed by atoms with van der Waals surface area (Å²) in [5.41, 5.74) is -0.149. The SMILES string of the molecule is O=C(O)C1CC(F)CCC1C1CCCCC1C(=O)NC1NC(C2CCC(Cl)CC2Cl)CS1. The Morgan fingerprint density at radius 2 is 1.66 bits per heavy atom. The average molecular weight is 510 g/mol. The third kappa shape index (κ3) is 5.69. The highest BCUT2D eigenvalue weighted by atomic mass is 35.5. The van der Waals surface area contributed by atoms with E-state index in [0.29, 0.717) is 18.8 Å². The van der Waals surface area contributed by atoms with Crippen LogP contribution >= 0.6 is 35.0 Å². The number of nitrogens with one attached hydrogen (secondary N) is 2. The number of carboxylic acid groups (broad SMARTS) is 1. The summed E-state index contributed by atoms with van der Waals surface area (Å²) in [7, 11) is 0. The lowest BCUT2D eigenvalue weighted by Gasteiger charge is -2.42. The van der Waals surface area contributed by atoms with Gasteiger partial charge in [0, 0.05) is 28.5 Å². The first-order chi connectivity index (χ1) is 15.3.